The molecule has 0 saturated carbocycles. The molecule has 1 aromatic carbocycles. The third-order valence-electron chi connectivity index (χ3n) is 2.07. The van der Waals surface area contributed by atoms with Crippen molar-refractivity contribution in [2.45, 2.75) is 0 Å². The largest absolute Gasteiger partial charge is 0.336 e. The highest BCUT2D eigenvalue weighted by atomic mass is 79.9. The first-order valence-corrected chi connectivity index (χ1v) is 5.36. The maximum Gasteiger partial charge on any atom is 0.321 e. The highest BCUT2D eigenvalue weighted by Crippen LogP contribution is 2.28. The van der Waals surface area contributed by atoms with Gasteiger partial charge in [-0.15, -0.1) is 0 Å². The summed E-state index contributed by atoms with van der Waals surface area (Å²) in [6, 6.07) is 5.39. The zero-order valence-corrected chi connectivity index (χ0v) is 9.60. The number of amides is 2. The second kappa shape index (κ2) is 3.79. The number of carbonyl (C=O) groups excluding carboxylic acids is 1. The minimum Gasteiger partial charge on any atom is -0.336 e. The standard InChI is InChI=1S/C9H8BrClN2O/c10-7-5-6(1-2-8(7)11)13-4-3-12-9(13)14/h1-2,5H,3-4H2,(H,12,14). The predicted octanol–water partition coefficient (Wildman–Crippen LogP) is 2.63. The molecule has 1 aliphatic heterocycles. The topological polar surface area (TPSA) is 32.3 Å². The molecule has 2 amide bonds. The first kappa shape index (κ1) is 9.80. The highest BCUT2D eigenvalue weighted by Gasteiger charge is 2.21. The van der Waals surface area contributed by atoms with Gasteiger partial charge in [-0.1, -0.05) is 11.6 Å². The SMILES string of the molecule is O=C1NCCN1c1ccc(Cl)c(Br)c1. The molecule has 0 bridgehead atoms. The number of rotatable bonds is 1. The number of hydrogen-bond donors (Lipinski definition) is 1. The van der Waals surface area contributed by atoms with Crippen LogP contribution in [0.5, 0.6) is 0 Å². The van der Waals surface area contributed by atoms with E-state index in [1.54, 1.807) is 11.0 Å². The molecule has 5 heteroatoms. The summed E-state index contributed by atoms with van der Waals surface area (Å²) in [4.78, 5) is 13.0. The Morgan fingerprint density at radius 3 is 2.86 bits per heavy atom. The van der Waals surface area contributed by atoms with Gasteiger partial charge in [0.2, 0.25) is 0 Å². The molecule has 0 aromatic heterocycles. The smallest absolute Gasteiger partial charge is 0.321 e. The summed E-state index contributed by atoms with van der Waals surface area (Å²) < 4.78 is 0.802. The van der Waals surface area contributed by atoms with Crippen molar-refractivity contribution in [2.75, 3.05) is 18.0 Å². The fourth-order valence-electron chi connectivity index (χ4n) is 1.37. The van der Waals surface area contributed by atoms with Crippen LogP contribution in [0.3, 0.4) is 0 Å². The van der Waals surface area contributed by atoms with Gasteiger partial charge in [0.25, 0.3) is 0 Å². The lowest BCUT2D eigenvalue weighted by molar-refractivity contribution is 0.252. The first-order valence-electron chi connectivity index (χ1n) is 4.19. The highest BCUT2D eigenvalue weighted by molar-refractivity contribution is 9.10. The quantitative estimate of drug-likeness (QED) is 0.839. The van der Waals surface area contributed by atoms with Crippen molar-refractivity contribution in [1.82, 2.24) is 5.32 Å². The van der Waals surface area contributed by atoms with Gasteiger partial charge >= 0.3 is 6.03 Å². The lowest BCUT2D eigenvalue weighted by atomic mass is 10.3. The molecule has 1 heterocycles. The van der Waals surface area contributed by atoms with Crippen molar-refractivity contribution in [3.63, 3.8) is 0 Å². The van der Waals surface area contributed by atoms with Crippen LogP contribution in [0.15, 0.2) is 22.7 Å². The predicted molar refractivity (Wildman–Crippen MR) is 59.9 cm³/mol. The number of urea groups is 1. The van der Waals surface area contributed by atoms with E-state index in [-0.39, 0.29) is 6.03 Å². The van der Waals surface area contributed by atoms with E-state index in [4.69, 9.17) is 11.6 Å². The van der Waals surface area contributed by atoms with Crippen molar-refractivity contribution >= 4 is 39.2 Å². The van der Waals surface area contributed by atoms with Gasteiger partial charge in [0.15, 0.2) is 0 Å². The molecule has 1 N–H and O–H groups in total. The summed E-state index contributed by atoms with van der Waals surface area (Å²) in [5.41, 5.74) is 0.858. The molecule has 3 nitrogen and oxygen atoms in total. The fraction of sp³-hybridized carbons (Fsp3) is 0.222. The van der Waals surface area contributed by atoms with E-state index in [2.05, 4.69) is 21.2 Å². The van der Waals surface area contributed by atoms with Crippen LogP contribution in [0.25, 0.3) is 0 Å². The summed E-state index contributed by atoms with van der Waals surface area (Å²) in [6.07, 6.45) is 0. The lowest BCUT2D eigenvalue weighted by Crippen LogP contribution is -2.27. The molecule has 0 atom stereocenters. The van der Waals surface area contributed by atoms with Crippen molar-refractivity contribution in [1.29, 1.82) is 0 Å². The van der Waals surface area contributed by atoms with E-state index < -0.39 is 0 Å². The Morgan fingerprint density at radius 2 is 2.29 bits per heavy atom. The van der Waals surface area contributed by atoms with Gasteiger partial charge in [-0.3, -0.25) is 4.90 Å². The Morgan fingerprint density at radius 1 is 1.50 bits per heavy atom. The van der Waals surface area contributed by atoms with Gasteiger partial charge in [-0.25, -0.2) is 4.79 Å². The minimum absolute atomic E-state index is 0.0563. The van der Waals surface area contributed by atoms with Gasteiger partial charge in [0, 0.05) is 23.2 Å². The summed E-state index contributed by atoms with van der Waals surface area (Å²) in [5.74, 6) is 0. The molecule has 1 aromatic rings. The number of benzene rings is 1. The summed E-state index contributed by atoms with van der Waals surface area (Å²) in [6.45, 7) is 1.39. The van der Waals surface area contributed by atoms with Crippen molar-refractivity contribution in [3.05, 3.63) is 27.7 Å². The summed E-state index contributed by atoms with van der Waals surface area (Å²) in [5, 5.41) is 3.39. The minimum atomic E-state index is -0.0563. The van der Waals surface area contributed by atoms with Gasteiger partial charge in [0.05, 0.1) is 5.02 Å². The second-order valence-corrected chi connectivity index (χ2v) is 4.24. The van der Waals surface area contributed by atoms with Crippen molar-refractivity contribution < 1.29 is 4.79 Å². The van der Waals surface area contributed by atoms with Crippen LogP contribution in [-0.2, 0) is 0 Å². The van der Waals surface area contributed by atoms with Gasteiger partial charge in [0.1, 0.15) is 0 Å². The lowest BCUT2D eigenvalue weighted by Gasteiger charge is -2.14. The molecule has 74 valence electrons. The number of anilines is 1. The zero-order valence-electron chi connectivity index (χ0n) is 7.26. The van der Waals surface area contributed by atoms with Crippen LogP contribution in [0.4, 0.5) is 10.5 Å². The zero-order chi connectivity index (χ0) is 10.1. The molecule has 14 heavy (non-hydrogen) atoms. The van der Waals surface area contributed by atoms with Crippen molar-refractivity contribution in [2.24, 2.45) is 0 Å². The fourth-order valence-corrected chi connectivity index (χ4v) is 1.86. The maximum atomic E-state index is 11.3. The van der Waals surface area contributed by atoms with E-state index in [1.807, 2.05) is 12.1 Å². The number of nitrogens with zero attached hydrogens (tertiary/aromatic N) is 1. The molecule has 0 radical (unpaired) electrons. The van der Waals surface area contributed by atoms with Crippen LogP contribution in [-0.4, -0.2) is 19.1 Å². The van der Waals surface area contributed by atoms with Crippen molar-refractivity contribution in [3.8, 4) is 0 Å². The first-order chi connectivity index (χ1) is 6.68. The molecule has 1 fully saturated rings. The van der Waals surface area contributed by atoms with E-state index in [0.29, 0.717) is 18.1 Å². The second-order valence-electron chi connectivity index (χ2n) is 2.98. The maximum absolute atomic E-state index is 11.3. The monoisotopic (exact) mass is 274 g/mol. The van der Waals surface area contributed by atoms with E-state index in [9.17, 15) is 4.79 Å². The molecule has 2 rings (SSSR count). The molecule has 0 aliphatic carbocycles. The average Bonchev–Trinajstić information content (AvgIpc) is 2.57. The number of nitrogens with one attached hydrogen (secondary N) is 1. The normalized spacial score (nSPS) is 15.9. The van der Waals surface area contributed by atoms with E-state index in [0.717, 1.165) is 10.2 Å². The Balaban J connectivity index is 2.32. The van der Waals surface area contributed by atoms with Gasteiger partial charge in [-0.05, 0) is 34.1 Å². The van der Waals surface area contributed by atoms with Crippen LogP contribution in [0.2, 0.25) is 5.02 Å². The van der Waals surface area contributed by atoms with Crippen LogP contribution in [0, 0.1) is 0 Å². The molecular weight excluding hydrogens is 267 g/mol. The Kier molecular flexibility index (Phi) is 2.65. The number of halogens is 2. The average molecular weight is 276 g/mol. The summed E-state index contributed by atoms with van der Waals surface area (Å²) >= 11 is 9.18. The van der Waals surface area contributed by atoms with Crippen LogP contribution >= 0.6 is 27.5 Å². The number of carbonyl (C=O) groups is 1. The van der Waals surface area contributed by atoms with Gasteiger partial charge in [-0.2, -0.15) is 0 Å². The molecule has 1 saturated heterocycles. The molecule has 0 unspecified atom stereocenters. The Labute approximate surface area is 95.2 Å². The molecule has 1 aliphatic rings. The van der Waals surface area contributed by atoms with E-state index >= 15 is 0 Å². The third-order valence-corrected chi connectivity index (χ3v) is 3.29. The Bertz CT molecular complexity index is 383. The third kappa shape index (κ3) is 1.72. The molecule has 0 spiro atoms. The number of hydrogen-bond acceptors (Lipinski definition) is 1. The van der Waals surface area contributed by atoms with Gasteiger partial charge < -0.3 is 5.32 Å². The Hall–Kier alpha value is -0.740. The summed E-state index contributed by atoms with van der Waals surface area (Å²) in [7, 11) is 0. The van der Waals surface area contributed by atoms with E-state index in [1.165, 1.54) is 0 Å². The van der Waals surface area contributed by atoms with Crippen LogP contribution in [0.1, 0.15) is 0 Å². The van der Waals surface area contributed by atoms with Crippen LogP contribution < -0.4 is 10.2 Å². The molecular formula is C9H8BrClN2O.